The number of nitrogens with one attached hydrogen (secondary N) is 1. The Hall–Kier alpha value is -1.44. The fourth-order valence-electron chi connectivity index (χ4n) is 0.958. The van der Waals surface area contributed by atoms with Gasteiger partial charge in [-0.3, -0.25) is 0 Å². The third-order valence-corrected chi connectivity index (χ3v) is 1.88. The summed E-state index contributed by atoms with van der Waals surface area (Å²) < 4.78 is 0. The summed E-state index contributed by atoms with van der Waals surface area (Å²) in [4.78, 5) is 1.96. The molecule has 70 valence electrons. The van der Waals surface area contributed by atoms with Crippen LogP contribution >= 0.6 is 0 Å². The first-order valence-electron chi connectivity index (χ1n) is 4.34. The molecule has 0 unspecified atom stereocenters. The van der Waals surface area contributed by atoms with Crippen molar-refractivity contribution in [2.45, 2.75) is 6.54 Å². The molecule has 0 fully saturated rings. The molecule has 0 aliphatic carbocycles. The highest BCUT2D eigenvalue weighted by Crippen LogP contribution is 1.99. The number of hydrogen-bond donors (Lipinski definition) is 1. The van der Waals surface area contributed by atoms with Crippen LogP contribution in [0.5, 0.6) is 0 Å². The lowest BCUT2D eigenvalue weighted by atomic mass is 10.2. The minimum absolute atomic E-state index is 0.831. The standard InChI is InChI=1S/C11H16N2/c1-10(13(2)3)12-9-11-7-5-4-6-8-11/h4-8,12H,1,9H2,2-3H3. The first kappa shape index (κ1) is 9.65. The minimum Gasteiger partial charge on any atom is -0.368 e. The average molecular weight is 176 g/mol. The summed E-state index contributed by atoms with van der Waals surface area (Å²) in [6.07, 6.45) is 0. The molecule has 1 N–H and O–H groups in total. The van der Waals surface area contributed by atoms with Gasteiger partial charge < -0.3 is 10.2 Å². The van der Waals surface area contributed by atoms with Gasteiger partial charge in [-0.05, 0) is 5.56 Å². The van der Waals surface area contributed by atoms with Crippen LogP contribution < -0.4 is 5.32 Å². The van der Waals surface area contributed by atoms with Crippen LogP contribution in [0.25, 0.3) is 0 Å². The normalized spacial score (nSPS) is 9.38. The summed E-state index contributed by atoms with van der Waals surface area (Å²) >= 11 is 0. The maximum atomic E-state index is 3.88. The molecule has 0 heterocycles. The molecule has 0 aliphatic rings. The quantitative estimate of drug-likeness (QED) is 0.752. The second kappa shape index (κ2) is 4.55. The summed E-state index contributed by atoms with van der Waals surface area (Å²) in [5.41, 5.74) is 1.27. The third-order valence-electron chi connectivity index (χ3n) is 1.88. The molecule has 0 saturated heterocycles. The van der Waals surface area contributed by atoms with Crippen molar-refractivity contribution >= 4 is 0 Å². The van der Waals surface area contributed by atoms with Crippen molar-refractivity contribution in [1.82, 2.24) is 10.2 Å². The molecule has 0 atom stereocenters. The van der Waals surface area contributed by atoms with Gasteiger partial charge in [0.05, 0.1) is 5.82 Å². The predicted octanol–water partition coefficient (Wildman–Crippen LogP) is 1.81. The van der Waals surface area contributed by atoms with Crippen LogP contribution in [0.1, 0.15) is 5.56 Å². The summed E-state index contributed by atoms with van der Waals surface area (Å²) in [6.45, 7) is 4.72. The molecule has 2 heteroatoms. The summed E-state index contributed by atoms with van der Waals surface area (Å²) in [5, 5.41) is 3.23. The van der Waals surface area contributed by atoms with Crippen LogP contribution in [-0.4, -0.2) is 19.0 Å². The van der Waals surface area contributed by atoms with Crippen molar-refractivity contribution in [1.29, 1.82) is 0 Å². The van der Waals surface area contributed by atoms with Crippen LogP contribution in [0.3, 0.4) is 0 Å². The number of rotatable bonds is 4. The van der Waals surface area contributed by atoms with Gasteiger partial charge in [-0.2, -0.15) is 0 Å². The largest absolute Gasteiger partial charge is 0.368 e. The highest BCUT2D eigenvalue weighted by Gasteiger charge is 1.94. The fraction of sp³-hybridized carbons (Fsp3) is 0.273. The molecule has 0 radical (unpaired) electrons. The Labute approximate surface area is 79.9 Å². The highest BCUT2D eigenvalue weighted by atomic mass is 15.2. The van der Waals surface area contributed by atoms with Crippen LogP contribution in [0.15, 0.2) is 42.7 Å². The Balaban J connectivity index is 2.40. The van der Waals surface area contributed by atoms with Gasteiger partial charge in [0.15, 0.2) is 0 Å². The Bertz CT molecular complexity index is 265. The predicted molar refractivity (Wildman–Crippen MR) is 56.1 cm³/mol. The van der Waals surface area contributed by atoms with Crippen molar-refractivity contribution in [2.24, 2.45) is 0 Å². The first-order valence-corrected chi connectivity index (χ1v) is 4.34. The zero-order valence-electron chi connectivity index (χ0n) is 8.25. The lowest BCUT2D eigenvalue weighted by Gasteiger charge is -2.17. The van der Waals surface area contributed by atoms with E-state index in [0.717, 1.165) is 12.4 Å². The highest BCUT2D eigenvalue weighted by molar-refractivity contribution is 5.15. The van der Waals surface area contributed by atoms with Crippen LogP contribution in [0, 0.1) is 0 Å². The summed E-state index contributed by atoms with van der Waals surface area (Å²) in [6, 6.07) is 10.3. The number of hydrogen-bond acceptors (Lipinski definition) is 2. The van der Waals surface area contributed by atoms with E-state index in [4.69, 9.17) is 0 Å². The molecule has 0 amide bonds. The van der Waals surface area contributed by atoms with E-state index in [1.165, 1.54) is 5.56 Å². The van der Waals surface area contributed by atoms with Crippen molar-refractivity contribution in [3.8, 4) is 0 Å². The van der Waals surface area contributed by atoms with Gasteiger partial charge in [-0.25, -0.2) is 0 Å². The van der Waals surface area contributed by atoms with Gasteiger partial charge in [0, 0.05) is 20.6 Å². The lowest BCUT2D eigenvalue weighted by molar-refractivity contribution is 0.462. The van der Waals surface area contributed by atoms with E-state index in [1.807, 2.05) is 37.2 Å². The molecular formula is C11H16N2. The van der Waals surface area contributed by atoms with Gasteiger partial charge in [-0.15, -0.1) is 0 Å². The van der Waals surface area contributed by atoms with Crippen molar-refractivity contribution in [3.05, 3.63) is 48.3 Å². The second-order valence-electron chi connectivity index (χ2n) is 3.18. The monoisotopic (exact) mass is 176 g/mol. The third kappa shape index (κ3) is 3.20. The van der Waals surface area contributed by atoms with Gasteiger partial charge in [-0.1, -0.05) is 36.9 Å². The number of benzene rings is 1. The van der Waals surface area contributed by atoms with Crippen molar-refractivity contribution < 1.29 is 0 Å². The van der Waals surface area contributed by atoms with E-state index in [1.54, 1.807) is 0 Å². The molecule has 1 aromatic carbocycles. The molecule has 1 rings (SSSR count). The molecule has 1 aromatic rings. The maximum absolute atomic E-state index is 3.88. The first-order chi connectivity index (χ1) is 6.20. The van der Waals surface area contributed by atoms with E-state index in [2.05, 4.69) is 24.0 Å². The maximum Gasteiger partial charge on any atom is 0.0936 e. The molecule has 2 nitrogen and oxygen atoms in total. The minimum atomic E-state index is 0.831. The molecule has 0 aliphatic heterocycles. The van der Waals surface area contributed by atoms with Crippen LogP contribution in [0.2, 0.25) is 0 Å². The van der Waals surface area contributed by atoms with Crippen LogP contribution in [0.4, 0.5) is 0 Å². The van der Waals surface area contributed by atoms with Gasteiger partial charge in [0.25, 0.3) is 0 Å². The Morgan fingerprint density at radius 1 is 1.31 bits per heavy atom. The molecule has 0 bridgehead atoms. The molecular weight excluding hydrogens is 160 g/mol. The Morgan fingerprint density at radius 2 is 1.92 bits per heavy atom. The average Bonchev–Trinajstić information content (AvgIpc) is 2.15. The van der Waals surface area contributed by atoms with Crippen LogP contribution in [-0.2, 0) is 6.54 Å². The Morgan fingerprint density at radius 3 is 2.46 bits per heavy atom. The molecule has 13 heavy (non-hydrogen) atoms. The van der Waals surface area contributed by atoms with Crippen molar-refractivity contribution in [3.63, 3.8) is 0 Å². The lowest BCUT2D eigenvalue weighted by Crippen LogP contribution is -2.23. The Kier molecular flexibility index (Phi) is 3.38. The number of nitrogens with zero attached hydrogens (tertiary/aromatic N) is 1. The van der Waals surface area contributed by atoms with E-state index >= 15 is 0 Å². The summed E-state index contributed by atoms with van der Waals surface area (Å²) in [5.74, 6) is 0.934. The van der Waals surface area contributed by atoms with E-state index in [0.29, 0.717) is 0 Å². The summed E-state index contributed by atoms with van der Waals surface area (Å²) in [7, 11) is 3.95. The molecule has 0 spiro atoms. The van der Waals surface area contributed by atoms with E-state index < -0.39 is 0 Å². The SMILES string of the molecule is C=C(NCc1ccccc1)N(C)C. The van der Waals surface area contributed by atoms with Gasteiger partial charge in [0.1, 0.15) is 0 Å². The van der Waals surface area contributed by atoms with E-state index in [-0.39, 0.29) is 0 Å². The topological polar surface area (TPSA) is 15.3 Å². The second-order valence-corrected chi connectivity index (χ2v) is 3.18. The van der Waals surface area contributed by atoms with Gasteiger partial charge >= 0.3 is 0 Å². The molecule has 0 aromatic heterocycles. The van der Waals surface area contributed by atoms with Crippen molar-refractivity contribution in [2.75, 3.05) is 14.1 Å². The van der Waals surface area contributed by atoms with Gasteiger partial charge in [0.2, 0.25) is 0 Å². The zero-order valence-corrected chi connectivity index (χ0v) is 8.25. The zero-order chi connectivity index (χ0) is 9.68. The smallest absolute Gasteiger partial charge is 0.0936 e. The molecule has 0 saturated carbocycles. The van der Waals surface area contributed by atoms with E-state index in [9.17, 15) is 0 Å². The fourth-order valence-corrected chi connectivity index (χ4v) is 0.958.